The summed E-state index contributed by atoms with van der Waals surface area (Å²) in [5.74, 6) is -1.54. The van der Waals surface area contributed by atoms with E-state index < -0.39 is 12.1 Å². The van der Waals surface area contributed by atoms with Crippen molar-refractivity contribution < 1.29 is 32.4 Å². The minimum atomic E-state index is -5.08. The molecule has 0 unspecified atom stereocenters. The lowest BCUT2D eigenvalue weighted by molar-refractivity contribution is -0.192. The number of aryl methyl sites for hydroxylation is 1. The van der Waals surface area contributed by atoms with Crippen molar-refractivity contribution in [2.45, 2.75) is 17.4 Å². The Balaban J connectivity index is 0.000000370. The maximum absolute atomic E-state index is 11.8. The number of aliphatic carboxylic acids is 1. The van der Waals surface area contributed by atoms with Gasteiger partial charge in [-0.25, -0.2) is 4.79 Å². The average molecular weight is 454 g/mol. The van der Waals surface area contributed by atoms with Crippen molar-refractivity contribution in [2.75, 3.05) is 42.1 Å². The highest BCUT2D eigenvalue weighted by molar-refractivity contribution is 8.01. The molecule has 0 aliphatic carbocycles. The van der Waals surface area contributed by atoms with Gasteiger partial charge in [0.1, 0.15) is 5.76 Å². The van der Waals surface area contributed by atoms with E-state index in [9.17, 15) is 18.0 Å². The van der Waals surface area contributed by atoms with Gasteiger partial charge in [-0.15, -0.1) is 10.2 Å². The lowest BCUT2D eigenvalue weighted by Gasteiger charge is -2.26. The lowest BCUT2D eigenvalue weighted by Crippen LogP contribution is -2.43. The standard InChI is InChI=1S/C12H16N6O2S2.C2HF3O2/c1-8-6-9(17-20-8)14-10(19)7-21-12-16-15-11(22-12)18-4-2-13-3-5-18;3-2(4,5)1(6)7/h6,13H,2-5,7H2,1H3,(H,14,17,19);(H,6,7). The first-order chi connectivity index (χ1) is 13.6. The van der Waals surface area contributed by atoms with E-state index in [1.807, 2.05) is 0 Å². The fourth-order valence-corrected chi connectivity index (χ4v) is 3.67. The summed E-state index contributed by atoms with van der Waals surface area (Å²) in [7, 11) is 0. The van der Waals surface area contributed by atoms with Gasteiger partial charge in [0.25, 0.3) is 0 Å². The third-order valence-electron chi connectivity index (χ3n) is 3.25. The molecule has 1 amide bonds. The highest BCUT2D eigenvalue weighted by Gasteiger charge is 2.38. The lowest BCUT2D eigenvalue weighted by atomic mass is 10.4. The number of anilines is 2. The summed E-state index contributed by atoms with van der Waals surface area (Å²) < 4.78 is 37.4. The molecule has 2 aromatic rings. The minimum absolute atomic E-state index is 0.141. The number of thioether (sulfide) groups is 1. The van der Waals surface area contributed by atoms with E-state index in [-0.39, 0.29) is 11.7 Å². The zero-order chi connectivity index (χ0) is 21.4. The number of nitrogens with zero attached hydrogens (tertiary/aromatic N) is 4. The highest BCUT2D eigenvalue weighted by Crippen LogP contribution is 2.28. The van der Waals surface area contributed by atoms with Gasteiger partial charge in [0, 0.05) is 32.2 Å². The van der Waals surface area contributed by atoms with Gasteiger partial charge in [0.2, 0.25) is 11.0 Å². The van der Waals surface area contributed by atoms with Crippen molar-refractivity contribution in [1.82, 2.24) is 20.7 Å². The number of carbonyl (C=O) groups is 2. The topological polar surface area (TPSA) is 133 Å². The van der Waals surface area contributed by atoms with Gasteiger partial charge in [-0.2, -0.15) is 13.2 Å². The Bertz CT molecular complexity index is 822. The molecule has 3 heterocycles. The van der Waals surface area contributed by atoms with Crippen molar-refractivity contribution in [3.05, 3.63) is 11.8 Å². The van der Waals surface area contributed by atoms with E-state index in [1.165, 1.54) is 23.1 Å². The molecule has 0 spiro atoms. The van der Waals surface area contributed by atoms with Crippen molar-refractivity contribution in [1.29, 1.82) is 0 Å². The van der Waals surface area contributed by atoms with Gasteiger partial charge >= 0.3 is 12.1 Å². The number of carboxylic acid groups (broad SMARTS) is 1. The number of piperazine rings is 1. The summed E-state index contributed by atoms with van der Waals surface area (Å²) in [5, 5.41) is 26.1. The van der Waals surface area contributed by atoms with Gasteiger partial charge in [0.05, 0.1) is 5.75 Å². The Morgan fingerprint density at radius 3 is 2.59 bits per heavy atom. The molecular weight excluding hydrogens is 437 g/mol. The van der Waals surface area contributed by atoms with Crippen LogP contribution < -0.4 is 15.5 Å². The van der Waals surface area contributed by atoms with E-state index in [1.54, 1.807) is 13.0 Å². The van der Waals surface area contributed by atoms with Crippen LogP contribution in [0.4, 0.5) is 24.1 Å². The SMILES string of the molecule is Cc1cc(NC(=O)CSc2nnc(N3CCNCC3)s2)no1.O=C(O)C(F)(F)F. The first-order valence-corrected chi connectivity index (χ1v) is 9.90. The summed E-state index contributed by atoms with van der Waals surface area (Å²) in [6, 6.07) is 1.68. The summed E-state index contributed by atoms with van der Waals surface area (Å²) in [5.41, 5.74) is 0. The summed E-state index contributed by atoms with van der Waals surface area (Å²) >= 11 is 2.89. The van der Waals surface area contributed by atoms with Crippen LogP contribution >= 0.6 is 23.1 Å². The Hall–Kier alpha value is -2.39. The highest BCUT2D eigenvalue weighted by atomic mass is 32.2. The van der Waals surface area contributed by atoms with E-state index >= 15 is 0 Å². The molecule has 1 aliphatic heterocycles. The van der Waals surface area contributed by atoms with Crippen molar-refractivity contribution in [2.24, 2.45) is 0 Å². The molecule has 0 saturated carbocycles. The Morgan fingerprint density at radius 2 is 2.03 bits per heavy atom. The van der Waals surface area contributed by atoms with Crippen LogP contribution in [0.3, 0.4) is 0 Å². The minimum Gasteiger partial charge on any atom is -0.475 e. The first-order valence-electron chi connectivity index (χ1n) is 8.10. The predicted molar refractivity (Wildman–Crippen MR) is 99.3 cm³/mol. The maximum atomic E-state index is 11.8. The second-order valence-corrected chi connectivity index (χ2v) is 7.73. The fourth-order valence-electron chi connectivity index (χ4n) is 1.98. The number of rotatable bonds is 5. The summed E-state index contributed by atoms with van der Waals surface area (Å²) in [4.78, 5) is 22.9. The quantitative estimate of drug-likeness (QED) is 0.572. The van der Waals surface area contributed by atoms with Gasteiger partial charge in [-0.05, 0) is 6.92 Å². The number of hydrogen-bond donors (Lipinski definition) is 3. The molecule has 160 valence electrons. The summed E-state index contributed by atoms with van der Waals surface area (Å²) in [6.07, 6.45) is -5.08. The second-order valence-electron chi connectivity index (χ2n) is 5.55. The molecule has 29 heavy (non-hydrogen) atoms. The zero-order valence-corrected chi connectivity index (χ0v) is 16.7. The van der Waals surface area contributed by atoms with Crippen LogP contribution in [-0.4, -0.2) is 70.4 Å². The van der Waals surface area contributed by atoms with E-state index in [0.29, 0.717) is 11.6 Å². The molecule has 15 heteroatoms. The van der Waals surface area contributed by atoms with Gasteiger partial charge in [0.15, 0.2) is 10.2 Å². The Kier molecular flexibility index (Phi) is 8.21. The van der Waals surface area contributed by atoms with Crippen molar-refractivity contribution in [3.63, 3.8) is 0 Å². The van der Waals surface area contributed by atoms with Crippen LogP contribution in [0.2, 0.25) is 0 Å². The van der Waals surface area contributed by atoms with Crippen LogP contribution in [0, 0.1) is 6.92 Å². The number of aromatic nitrogens is 3. The largest absolute Gasteiger partial charge is 0.490 e. The normalized spacial score (nSPS) is 14.1. The average Bonchev–Trinajstić information content (AvgIpc) is 3.29. The van der Waals surface area contributed by atoms with Crippen LogP contribution in [-0.2, 0) is 9.59 Å². The molecule has 0 radical (unpaired) electrons. The number of hydrogen-bond acceptors (Lipinski definition) is 10. The molecule has 1 saturated heterocycles. The molecule has 10 nitrogen and oxygen atoms in total. The zero-order valence-electron chi connectivity index (χ0n) is 15.0. The van der Waals surface area contributed by atoms with Crippen molar-refractivity contribution in [3.8, 4) is 0 Å². The molecule has 0 aromatic carbocycles. The number of amides is 1. The van der Waals surface area contributed by atoms with Crippen LogP contribution in [0.15, 0.2) is 14.9 Å². The fraction of sp³-hybridized carbons (Fsp3) is 0.500. The number of nitrogens with one attached hydrogen (secondary N) is 2. The van der Waals surface area contributed by atoms with Gasteiger partial charge in [-0.1, -0.05) is 28.3 Å². The molecule has 1 aliphatic rings. The smallest absolute Gasteiger partial charge is 0.475 e. The molecule has 3 N–H and O–H groups in total. The van der Waals surface area contributed by atoms with Crippen molar-refractivity contribution >= 4 is 45.9 Å². The van der Waals surface area contributed by atoms with Gasteiger partial charge in [-0.3, -0.25) is 4.79 Å². The molecule has 0 bridgehead atoms. The monoisotopic (exact) mass is 454 g/mol. The molecule has 3 rings (SSSR count). The molecule has 1 fully saturated rings. The van der Waals surface area contributed by atoms with Gasteiger partial charge < -0.3 is 25.2 Å². The molecular formula is C14H17F3N6O4S2. The third-order valence-corrected chi connectivity index (χ3v) is 5.37. The van der Waals surface area contributed by atoms with E-state index in [2.05, 4.69) is 30.9 Å². The Morgan fingerprint density at radius 1 is 1.38 bits per heavy atom. The predicted octanol–water partition coefficient (Wildman–Crippen LogP) is 1.61. The van der Waals surface area contributed by atoms with Crippen LogP contribution in [0.1, 0.15) is 5.76 Å². The molecule has 0 atom stereocenters. The molecule has 2 aromatic heterocycles. The second kappa shape index (κ2) is 10.4. The number of alkyl halides is 3. The first kappa shape index (κ1) is 22.9. The number of carboxylic acids is 1. The third kappa shape index (κ3) is 7.86. The number of carbonyl (C=O) groups excluding carboxylic acids is 1. The Labute approximate surface area is 170 Å². The van der Waals surface area contributed by atoms with Crippen LogP contribution in [0.5, 0.6) is 0 Å². The summed E-state index contributed by atoms with van der Waals surface area (Å²) in [6.45, 7) is 5.57. The van der Waals surface area contributed by atoms with E-state index in [0.717, 1.165) is 35.7 Å². The van der Waals surface area contributed by atoms with E-state index in [4.69, 9.17) is 14.4 Å². The van der Waals surface area contributed by atoms with Crippen LogP contribution in [0.25, 0.3) is 0 Å². The maximum Gasteiger partial charge on any atom is 0.490 e. The number of halogens is 3.